The summed E-state index contributed by atoms with van der Waals surface area (Å²) in [4.78, 5) is 8.11. The Morgan fingerprint density at radius 2 is 1.83 bits per heavy atom. The third-order valence-corrected chi connectivity index (χ3v) is 6.29. The first kappa shape index (κ1) is 18.7. The molecule has 2 aromatic carbocycles. The number of aromatic nitrogens is 2. The minimum Gasteiger partial charge on any atom is -0.264 e. The summed E-state index contributed by atoms with van der Waals surface area (Å²) in [5.74, 6) is 0. The molecule has 0 unspecified atom stereocenters. The van der Waals surface area contributed by atoms with Gasteiger partial charge in [0.1, 0.15) is 0 Å². The number of aryl methyl sites for hydroxylation is 2. The zero-order chi connectivity index (χ0) is 20.3. The van der Waals surface area contributed by atoms with E-state index >= 15 is 0 Å². The predicted octanol–water partition coefficient (Wildman–Crippen LogP) is 7.08. The van der Waals surface area contributed by atoms with E-state index in [9.17, 15) is 0 Å². The maximum Gasteiger partial charge on any atom is 0.0732 e. The van der Waals surface area contributed by atoms with E-state index in [4.69, 9.17) is 0 Å². The minimum absolute atomic E-state index is 0.998. The number of fused-ring (bicyclic) bond motifs is 5. The lowest BCUT2D eigenvalue weighted by Gasteiger charge is -2.25. The van der Waals surface area contributed by atoms with Crippen LogP contribution in [0.4, 0.5) is 0 Å². The molecule has 2 nitrogen and oxygen atoms in total. The van der Waals surface area contributed by atoms with Crippen molar-refractivity contribution in [1.82, 2.24) is 9.97 Å². The molecule has 0 N–H and O–H groups in total. The fourth-order valence-electron chi connectivity index (χ4n) is 4.76. The molecular weight excluding hydrogens is 364 g/mol. The van der Waals surface area contributed by atoms with Gasteiger partial charge in [-0.2, -0.15) is 0 Å². The van der Waals surface area contributed by atoms with Gasteiger partial charge < -0.3 is 0 Å². The van der Waals surface area contributed by atoms with E-state index in [-0.39, 0.29) is 0 Å². The molecule has 0 saturated carbocycles. The van der Waals surface area contributed by atoms with Gasteiger partial charge in [0, 0.05) is 24.0 Å². The second kappa shape index (κ2) is 8.23. The number of benzene rings is 2. The molecule has 0 saturated heterocycles. The first-order chi connectivity index (χ1) is 14.8. The van der Waals surface area contributed by atoms with Gasteiger partial charge in [0.15, 0.2) is 0 Å². The van der Waals surface area contributed by atoms with E-state index < -0.39 is 0 Å². The highest BCUT2D eigenvalue weighted by atomic mass is 14.7. The molecule has 30 heavy (non-hydrogen) atoms. The van der Waals surface area contributed by atoms with Crippen LogP contribution in [0, 0.1) is 0 Å². The van der Waals surface area contributed by atoms with Crippen molar-refractivity contribution >= 4 is 27.2 Å². The van der Waals surface area contributed by atoms with Gasteiger partial charge in [0.25, 0.3) is 0 Å². The van der Waals surface area contributed by atoms with Crippen LogP contribution in [0.25, 0.3) is 27.2 Å². The first-order valence-corrected chi connectivity index (χ1v) is 10.9. The first-order valence-electron chi connectivity index (χ1n) is 10.9. The fraction of sp³-hybridized carbons (Fsp3) is 0.214. The van der Waals surface area contributed by atoms with Crippen LogP contribution in [0.1, 0.15) is 42.9 Å². The minimum atomic E-state index is 0.998. The van der Waals surface area contributed by atoms with Gasteiger partial charge in [0.05, 0.1) is 5.52 Å². The Morgan fingerprint density at radius 1 is 0.867 bits per heavy atom. The van der Waals surface area contributed by atoms with Crippen LogP contribution in [0.3, 0.4) is 0 Å². The van der Waals surface area contributed by atoms with Crippen molar-refractivity contribution in [3.05, 3.63) is 102 Å². The average molecular weight is 391 g/mol. The van der Waals surface area contributed by atoms with Crippen molar-refractivity contribution in [3.63, 3.8) is 0 Å². The van der Waals surface area contributed by atoms with E-state index in [1.54, 1.807) is 23.5 Å². The Bertz CT molecular complexity index is 1220. The third kappa shape index (κ3) is 3.43. The highest BCUT2D eigenvalue weighted by Crippen LogP contribution is 2.40. The Hall–Kier alpha value is -3.26. The predicted molar refractivity (Wildman–Crippen MR) is 126 cm³/mol. The van der Waals surface area contributed by atoms with Crippen LogP contribution in [-0.4, -0.2) is 9.97 Å². The summed E-state index contributed by atoms with van der Waals surface area (Å²) in [6, 6.07) is 17.3. The van der Waals surface area contributed by atoms with Gasteiger partial charge in [-0.25, -0.2) is 0 Å². The van der Waals surface area contributed by atoms with Crippen molar-refractivity contribution in [2.75, 3.05) is 0 Å². The Balaban J connectivity index is 0.000000161. The van der Waals surface area contributed by atoms with E-state index in [2.05, 4.69) is 59.4 Å². The summed E-state index contributed by atoms with van der Waals surface area (Å²) in [5.41, 5.74) is 8.72. The number of hydrogen-bond donors (Lipinski definition) is 0. The largest absolute Gasteiger partial charge is 0.264 e. The molecule has 4 aromatic rings. The van der Waals surface area contributed by atoms with Crippen molar-refractivity contribution < 1.29 is 0 Å². The fourth-order valence-corrected chi connectivity index (χ4v) is 4.76. The van der Waals surface area contributed by atoms with Gasteiger partial charge >= 0.3 is 0 Å². The van der Waals surface area contributed by atoms with Crippen molar-refractivity contribution in [3.8, 4) is 0 Å². The molecular formula is C28H26N2. The lowest BCUT2D eigenvalue weighted by atomic mass is 9.79. The van der Waals surface area contributed by atoms with Gasteiger partial charge in [-0.1, -0.05) is 55.0 Å². The number of rotatable bonds is 1. The number of allylic oxidation sites excluding steroid dienone is 4. The molecule has 0 amide bonds. The Morgan fingerprint density at radius 3 is 2.73 bits per heavy atom. The van der Waals surface area contributed by atoms with Gasteiger partial charge in [0.2, 0.25) is 0 Å². The van der Waals surface area contributed by atoms with Crippen molar-refractivity contribution in [2.45, 2.75) is 39.0 Å². The number of hydrogen-bond acceptors (Lipinski definition) is 2. The van der Waals surface area contributed by atoms with Gasteiger partial charge in [-0.15, -0.1) is 0 Å². The molecule has 0 radical (unpaired) electrons. The Kier molecular flexibility index (Phi) is 5.15. The summed E-state index contributed by atoms with van der Waals surface area (Å²) >= 11 is 0. The number of pyridine rings is 2. The van der Waals surface area contributed by atoms with Gasteiger partial charge in [-0.3, -0.25) is 9.97 Å². The van der Waals surface area contributed by atoms with E-state index in [0.29, 0.717) is 0 Å². The SMILES string of the molecule is CCc1cccc2c3c(ccc12)C1=C(CCC=C1)CC3.c1cnc2ccncc2c1. The van der Waals surface area contributed by atoms with E-state index in [0.717, 1.165) is 17.3 Å². The second-order valence-corrected chi connectivity index (χ2v) is 7.99. The van der Waals surface area contributed by atoms with Crippen LogP contribution in [0.15, 0.2) is 84.8 Å². The molecule has 0 atom stereocenters. The molecule has 2 aliphatic rings. The maximum absolute atomic E-state index is 4.14. The smallest absolute Gasteiger partial charge is 0.0732 e. The lowest BCUT2D eigenvalue weighted by Crippen LogP contribution is -2.07. The molecule has 148 valence electrons. The molecule has 2 aliphatic carbocycles. The molecule has 0 spiro atoms. The summed E-state index contributed by atoms with van der Waals surface area (Å²) < 4.78 is 0. The molecule has 0 bridgehead atoms. The normalized spacial score (nSPS) is 14.8. The highest BCUT2D eigenvalue weighted by Gasteiger charge is 2.20. The second-order valence-electron chi connectivity index (χ2n) is 7.99. The molecule has 2 heteroatoms. The van der Waals surface area contributed by atoms with Crippen molar-refractivity contribution in [2.24, 2.45) is 0 Å². The highest BCUT2D eigenvalue weighted by molar-refractivity contribution is 5.95. The summed E-state index contributed by atoms with van der Waals surface area (Å²) in [6.45, 7) is 2.25. The third-order valence-electron chi connectivity index (χ3n) is 6.29. The standard InChI is InChI=1S/C20H20.C8H6N2/c1-2-14-7-5-9-18-17(14)12-13-19-16-8-4-3-6-15(16)10-11-20(18)19;1-2-7-6-9-5-3-8(7)10-4-1/h4-5,7-9,12-13H,2-3,6,10-11H2,1H3;1-6H. The van der Waals surface area contributed by atoms with Gasteiger partial charge in [-0.05, 0) is 83.3 Å². The zero-order valence-corrected chi connectivity index (χ0v) is 17.4. The van der Waals surface area contributed by atoms with Crippen LogP contribution in [0.2, 0.25) is 0 Å². The topological polar surface area (TPSA) is 25.8 Å². The number of nitrogens with zero attached hydrogens (tertiary/aromatic N) is 2. The average Bonchev–Trinajstić information content (AvgIpc) is 2.83. The molecule has 6 rings (SSSR count). The van der Waals surface area contributed by atoms with Crippen LogP contribution >= 0.6 is 0 Å². The quantitative estimate of drug-likeness (QED) is 0.347. The summed E-state index contributed by atoms with van der Waals surface area (Å²) in [5, 5.41) is 4.02. The van der Waals surface area contributed by atoms with Crippen LogP contribution in [0.5, 0.6) is 0 Å². The zero-order valence-electron chi connectivity index (χ0n) is 17.4. The lowest BCUT2D eigenvalue weighted by molar-refractivity contribution is 0.831. The maximum atomic E-state index is 4.14. The Labute approximate surface area is 178 Å². The van der Waals surface area contributed by atoms with E-state index in [1.165, 1.54) is 53.2 Å². The molecule has 0 aliphatic heterocycles. The van der Waals surface area contributed by atoms with Crippen LogP contribution < -0.4 is 0 Å². The summed E-state index contributed by atoms with van der Waals surface area (Å²) in [6.07, 6.45) is 16.1. The van der Waals surface area contributed by atoms with Crippen molar-refractivity contribution in [1.29, 1.82) is 0 Å². The molecule has 2 heterocycles. The molecule has 2 aromatic heterocycles. The monoisotopic (exact) mass is 390 g/mol. The van der Waals surface area contributed by atoms with E-state index in [1.807, 2.05) is 24.4 Å². The molecule has 0 fully saturated rings. The van der Waals surface area contributed by atoms with Crippen LogP contribution in [-0.2, 0) is 12.8 Å². The summed E-state index contributed by atoms with van der Waals surface area (Å²) in [7, 11) is 0.